The molecule has 2 N–H and O–H groups in total. The summed E-state index contributed by atoms with van der Waals surface area (Å²) in [6.07, 6.45) is 2.17. The number of anilines is 1. The van der Waals surface area contributed by atoms with E-state index in [2.05, 4.69) is 26.6 Å². The van der Waals surface area contributed by atoms with Crippen molar-refractivity contribution in [3.63, 3.8) is 0 Å². The molecule has 1 atom stereocenters. The first-order chi connectivity index (χ1) is 11.4. The van der Waals surface area contributed by atoms with Gasteiger partial charge in [0.15, 0.2) is 0 Å². The van der Waals surface area contributed by atoms with E-state index in [9.17, 15) is 9.59 Å². The number of rotatable bonds is 7. The minimum absolute atomic E-state index is 0.0966. The average molecular weight is 398 g/mol. The Morgan fingerprint density at radius 2 is 2.08 bits per heavy atom. The lowest BCUT2D eigenvalue weighted by atomic mass is 10.2. The number of aryl methyl sites for hydroxylation is 1. The fraction of sp³-hybridized carbons (Fsp3) is 0.529. The number of amides is 2. The van der Waals surface area contributed by atoms with Crippen molar-refractivity contribution >= 4 is 33.4 Å². The molecule has 1 aromatic rings. The van der Waals surface area contributed by atoms with Gasteiger partial charge in [0.1, 0.15) is 0 Å². The topological polar surface area (TPSA) is 70.7 Å². The van der Waals surface area contributed by atoms with Crippen LogP contribution in [0.2, 0.25) is 0 Å². The first-order valence-electron chi connectivity index (χ1n) is 8.07. The summed E-state index contributed by atoms with van der Waals surface area (Å²) in [5.41, 5.74) is 1.76. The summed E-state index contributed by atoms with van der Waals surface area (Å²) in [7, 11) is 1.75. The molecule has 7 heteroatoms. The van der Waals surface area contributed by atoms with Gasteiger partial charge in [-0.05, 0) is 50.6 Å². The summed E-state index contributed by atoms with van der Waals surface area (Å²) >= 11 is 3.39. The fourth-order valence-corrected chi connectivity index (χ4v) is 3.07. The maximum Gasteiger partial charge on any atom is 0.238 e. The van der Waals surface area contributed by atoms with Gasteiger partial charge in [0.25, 0.3) is 0 Å². The number of ether oxygens (including phenoxy) is 1. The number of nitrogens with zero attached hydrogens (tertiary/aromatic N) is 1. The normalized spacial score (nSPS) is 17.1. The van der Waals surface area contributed by atoms with Crippen LogP contribution in [0.1, 0.15) is 18.4 Å². The molecule has 0 unspecified atom stereocenters. The first-order valence-corrected chi connectivity index (χ1v) is 8.86. The van der Waals surface area contributed by atoms with Crippen molar-refractivity contribution in [1.82, 2.24) is 10.2 Å². The Hall–Kier alpha value is -1.44. The molecule has 2 amide bonds. The Balaban J connectivity index is 1.71. The number of carbonyl (C=O) groups is 2. The number of hydrogen-bond acceptors (Lipinski definition) is 4. The Labute approximate surface area is 151 Å². The molecule has 24 heavy (non-hydrogen) atoms. The predicted octanol–water partition coefficient (Wildman–Crippen LogP) is 1.92. The SMILES string of the molecule is Cc1cc(Br)ccc1NC(=O)CN(C)CC(=O)NC[C@@H]1CCCO1. The van der Waals surface area contributed by atoms with E-state index in [1.807, 2.05) is 25.1 Å². The molecule has 0 radical (unpaired) electrons. The molecule has 1 heterocycles. The molecule has 0 spiro atoms. The van der Waals surface area contributed by atoms with Gasteiger partial charge >= 0.3 is 0 Å². The van der Waals surface area contributed by atoms with Gasteiger partial charge in [-0.1, -0.05) is 15.9 Å². The maximum absolute atomic E-state index is 12.1. The van der Waals surface area contributed by atoms with Crippen LogP contribution in [0.3, 0.4) is 0 Å². The van der Waals surface area contributed by atoms with Gasteiger partial charge in [-0.15, -0.1) is 0 Å². The van der Waals surface area contributed by atoms with Crippen molar-refractivity contribution in [1.29, 1.82) is 0 Å². The zero-order valence-corrected chi connectivity index (χ0v) is 15.7. The lowest BCUT2D eigenvalue weighted by molar-refractivity contribution is -0.123. The van der Waals surface area contributed by atoms with E-state index >= 15 is 0 Å². The van der Waals surface area contributed by atoms with Crippen LogP contribution in [-0.4, -0.2) is 56.1 Å². The molecular weight excluding hydrogens is 374 g/mol. The van der Waals surface area contributed by atoms with Gasteiger partial charge < -0.3 is 15.4 Å². The molecule has 132 valence electrons. The monoisotopic (exact) mass is 397 g/mol. The third-order valence-corrected chi connectivity index (χ3v) is 4.33. The summed E-state index contributed by atoms with van der Waals surface area (Å²) in [5.74, 6) is -0.240. The van der Waals surface area contributed by atoms with Gasteiger partial charge in [-0.2, -0.15) is 0 Å². The second kappa shape index (κ2) is 9.15. The molecule has 1 fully saturated rings. The number of nitrogens with one attached hydrogen (secondary N) is 2. The molecule has 0 aromatic heterocycles. The maximum atomic E-state index is 12.1. The summed E-state index contributed by atoms with van der Waals surface area (Å²) < 4.78 is 6.43. The minimum Gasteiger partial charge on any atom is -0.376 e. The van der Waals surface area contributed by atoms with E-state index in [1.165, 1.54) is 0 Å². The molecule has 1 aliphatic rings. The summed E-state index contributed by atoms with van der Waals surface area (Å²) in [6, 6.07) is 5.67. The van der Waals surface area contributed by atoms with Crippen LogP contribution in [0.25, 0.3) is 0 Å². The zero-order chi connectivity index (χ0) is 17.5. The molecule has 1 aliphatic heterocycles. The smallest absolute Gasteiger partial charge is 0.238 e. The van der Waals surface area contributed by atoms with Gasteiger partial charge in [0, 0.05) is 23.3 Å². The molecule has 0 aliphatic carbocycles. The van der Waals surface area contributed by atoms with E-state index < -0.39 is 0 Å². The van der Waals surface area contributed by atoms with Crippen LogP contribution in [0, 0.1) is 6.92 Å². The van der Waals surface area contributed by atoms with Crippen molar-refractivity contribution < 1.29 is 14.3 Å². The Morgan fingerprint density at radius 1 is 1.33 bits per heavy atom. The highest BCUT2D eigenvalue weighted by atomic mass is 79.9. The van der Waals surface area contributed by atoms with Crippen LogP contribution in [0.5, 0.6) is 0 Å². The quantitative estimate of drug-likeness (QED) is 0.737. The Kier molecular flexibility index (Phi) is 7.20. The highest BCUT2D eigenvalue weighted by molar-refractivity contribution is 9.10. The summed E-state index contributed by atoms with van der Waals surface area (Å²) in [4.78, 5) is 25.7. The Morgan fingerprint density at radius 3 is 2.75 bits per heavy atom. The van der Waals surface area contributed by atoms with E-state index in [0.717, 1.165) is 35.2 Å². The molecule has 2 rings (SSSR count). The van der Waals surface area contributed by atoms with Crippen molar-refractivity contribution in [2.75, 3.05) is 38.6 Å². The van der Waals surface area contributed by atoms with Gasteiger partial charge in [0.2, 0.25) is 11.8 Å². The number of carbonyl (C=O) groups excluding carboxylic acids is 2. The van der Waals surface area contributed by atoms with E-state index in [4.69, 9.17) is 4.74 Å². The van der Waals surface area contributed by atoms with E-state index in [0.29, 0.717) is 6.54 Å². The number of likely N-dealkylation sites (N-methyl/N-ethyl adjacent to an activating group) is 1. The Bertz CT molecular complexity index is 588. The summed E-state index contributed by atoms with van der Waals surface area (Å²) in [6.45, 7) is 3.58. The number of benzene rings is 1. The minimum atomic E-state index is -0.144. The summed E-state index contributed by atoms with van der Waals surface area (Å²) in [5, 5.41) is 5.72. The highest BCUT2D eigenvalue weighted by Crippen LogP contribution is 2.19. The molecule has 0 bridgehead atoms. The van der Waals surface area contributed by atoms with Crippen molar-refractivity contribution in [2.24, 2.45) is 0 Å². The third-order valence-electron chi connectivity index (χ3n) is 3.84. The van der Waals surface area contributed by atoms with Crippen LogP contribution in [0.4, 0.5) is 5.69 Å². The second-order valence-corrected chi connectivity index (χ2v) is 7.03. The van der Waals surface area contributed by atoms with Gasteiger partial charge in [-0.25, -0.2) is 0 Å². The first kappa shape index (κ1) is 18.9. The molecule has 1 saturated heterocycles. The molecular formula is C17H24BrN3O3. The fourth-order valence-electron chi connectivity index (χ4n) is 2.59. The van der Waals surface area contributed by atoms with Crippen molar-refractivity contribution in [3.8, 4) is 0 Å². The van der Waals surface area contributed by atoms with Crippen molar-refractivity contribution in [2.45, 2.75) is 25.9 Å². The average Bonchev–Trinajstić information content (AvgIpc) is 3.01. The largest absolute Gasteiger partial charge is 0.376 e. The number of hydrogen-bond donors (Lipinski definition) is 2. The van der Waals surface area contributed by atoms with Crippen LogP contribution in [-0.2, 0) is 14.3 Å². The van der Waals surface area contributed by atoms with Gasteiger partial charge in [0.05, 0.1) is 19.2 Å². The lowest BCUT2D eigenvalue weighted by Crippen LogP contribution is -2.41. The van der Waals surface area contributed by atoms with Crippen LogP contribution >= 0.6 is 15.9 Å². The van der Waals surface area contributed by atoms with Crippen LogP contribution < -0.4 is 10.6 Å². The van der Waals surface area contributed by atoms with Gasteiger partial charge in [-0.3, -0.25) is 14.5 Å². The molecule has 6 nitrogen and oxygen atoms in total. The molecule has 1 aromatic carbocycles. The van der Waals surface area contributed by atoms with E-state index in [-0.39, 0.29) is 31.0 Å². The highest BCUT2D eigenvalue weighted by Gasteiger charge is 2.17. The van der Waals surface area contributed by atoms with E-state index in [1.54, 1.807) is 11.9 Å². The predicted molar refractivity (Wildman–Crippen MR) is 97.0 cm³/mol. The number of halogens is 1. The standard InChI is InChI=1S/C17H24BrN3O3/c1-12-8-13(18)5-6-15(12)20-17(23)11-21(2)10-16(22)19-9-14-4-3-7-24-14/h5-6,8,14H,3-4,7,9-11H2,1-2H3,(H,19,22)(H,20,23)/t14-/m0/s1. The zero-order valence-electron chi connectivity index (χ0n) is 14.1. The second-order valence-electron chi connectivity index (χ2n) is 6.12. The van der Waals surface area contributed by atoms with Crippen molar-refractivity contribution in [3.05, 3.63) is 28.2 Å². The van der Waals surface area contributed by atoms with Crippen LogP contribution in [0.15, 0.2) is 22.7 Å². The third kappa shape index (κ3) is 6.22. The molecule has 0 saturated carbocycles. The lowest BCUT2D eigenvalue weighted by Gasteiger charge is -2.17.